The smallest absolute Gasteiger partial charge is 0.0957 e. The van der Waals surface area contributed by atoms with E-state index in [0.717, 1.165) is 28.9 Å². The summed E-state index contributed by atoms with van der Waals surface area (Å²) >= 11 is 5.38. The largest absolute Gasteiger partial charge is 0.316 e. The van der Waals surface area contributed by atoms with Gasteiger partial charge in [0.15, 0.2) is 0 Å². The second-order valence-electron chi connectivity index (χ2n) is 4.26. The normalized spacial score (nSPS) is 20.7. The van der Waals surface area contributed by atoms with Gasteiger partial charge in [-0.25, -0.2) is 4.98 Å². The summed E-state index contributed by atoms with van der Waals surface area (Å²) < 4.78 is 2.40. The maximum Gasteiger partial charge on any atom is 0.0957 e. The molecule has 4 heteroatoms. The number of para-hydroxylation sites is 1. The first-order valence-electron chi connectivity index (χ1n) is 5.57. The van der Waals surface area contributed by atoms with Gasteiger partial charge in [0.25, 0.3) is 0 Å². The van der Waals surface area contributed by atoms with E-state index in [9.17, 15) is 0 Å². The summed E-state index contributed by atoms with van der Waals surface area (Å²) in [5, 5.41) is 4.68. The number of rotatable bonds is 2. The van der Waals surface area contributed by atoms with E-state index in [1.54, 1.807) is 0 Å². The Labute approximate surface area is 107 Å². The lowest BCUT2D eigenvalue weighted by Crippen LogP contribution is -2.10. The van der Waals surface area contributed by atoms with Gasteiger partial charge >= 0.3 is 0 Å². The molecule has 2 nitrogen and oxygen atoms in total. The van der Waals surface area contributed by atoms with E-state index in [-0.39, 0.29) is 0 Å². The summed E-state index contributed by atoms with van der Waals surface area (Å²) in [6, 6.07) is 6.28. The predicted octanol–water partition coefficient (Wildman–Crippen LogP) is 3.21. The molecule has 2 aromatic rings. The number of nitrogens with zero attached hydrogens (tertiary/aromatic N) is 1. The fourth-order valence-electron chi connectivity index (χ4n) is 2.18. The van der Waals surface area contributed by atoms with Crippen molar-refractivity contribution in [2.24, 2.45) is 5.92 Å². The summed E-state index contributed by atoms with van der Waals surface area (Å²) in [6.07, 6.45) is 2.41. The average molecular weight is 297 g/mol. The molecule has 0 spiro atoms. The van der Waals surface area contributed by atoms with Gasteiger partial charge in [-0.05, 0) is 53.5 Å². The minimum atomic E-state index is 0.777. The van der Waals surface area contributed by atoms with Crippen LogP contribution in [0, 0.1) is 5.92 Å². The molecule has 16 heavy (non-hydrogen) atoms. The molecule has 2 heterocycles. The van der Waals surface area contributed by atoms with Crippen molar-refractivity contribution in [2.45, 2.75) is 12.8 Å². The van der Waals surface area contributed by atoms with Crippen LogP contribution in [0.5, 0.6) is 0 Å². The fraction of sp³-hybridized carbons (Fsp3) is 0.417. The molecule has 1 aliphatic rings. The van der Waals surface area contributed by atoms with Crippen molar-refractivity contribution >= 4 is 37.5 Å². The standard InChI is InChI=1S/C12H13BrN2S/c13-9-2-1-3-10-12(9)15-11(16-10)6-8-4-5-14-7-8/h1-3,8,14H,4-7H2. The molecule has 0 amide bonds. The zero-order valence-electron chi connectivity index (χ0n) is 8.87. The average Bonchev–Trinajstić information content (AvgIpc) is 2.88. The molecule has 84 valence electrons. The third-order valence-electron chi connectivity index (χ3n) is 3.04. The second-order valence-corrected chi connectivity index (χ2v) is 6.23. The molecule has 1 saturated heterocycles. The fourth-order valence-corrected chi connectivity index (χ4v) is 3.88. The van der Waals surface area contributed by atoms with Crippen molar-refractivity contribution < 1.29 is 0 Å². The highest BCUT2D eigenvalue weighted by atomic mass is 79.9. The maximum atomic E-state index is 4.72. The van der Waals surface area contributed by atoms with Crippen LogP contribution in [-0.4, -0.2) is 18.1 Å². The number of hydrogen-bond acceptors (Lipinski definition) is 3. The van der Waals surface area contributed by atoms with Gasteiger partial charge in [0, 0.05) is 10.9 Å². The number of halogens is 1. The van der Waals surface area contributed by atoms with Crippen LogP contribution < -0.4 is 5.32 Å². The summed E-state index contributed by atoms with van der Waals surface area (Å²) in [5.41, 5.74) is 1.12. The van der Waals surface area contributed by atoms with Crippen LogP contribution in [0.4, 0.5) is 0 Å². The van der Waals surface area contributed by atoms with Gasteiger partial charge in [-0.1, -0.05) is 6.07 Å². The number of benzene rings is 1. The molecule has 1 fully saturated rings. The molecule has 1 atom stereocenters. The van der Waals surface area contributed by atoms with Crippen molar-refractivity contribution in [1.82, 2.24) is 10.3 Å². The third kappa shape index (κ3) is 2.01. The van der Waals surface area contributed by atoms with Crippen LogP contribution in [0.2, 0.25) is 0 Å². The zero-order chi connectivity index (χ0) is 11.0. The van der Waals surface area contributed by atoms with Gasteiger partial charge < -0.3 is 5.32 Å². The quantitative estimate of drug-likeness (QED) is 0.920. The van der Waals surface area contributed by atoms with Crippen LogP contribution in [0.1, 0.15) is 11.4 Å². The molecule has 1 aromatic heterocycles. The Hall–Kier alpha value is -0.450. The van der Waals surface area contributed by atoms with Crippen LogP contribution in [0.3, 0.4) is 0 Å². The number of nitrogens with one attached hydrogen (secondary N) is 1. The van der Waals surface area contributed by atoms with E-state index in [1.165, 1.54) is 22.7 Å². The van der Waals surface area contributed by atoms with Gasteiger partial charge in [-0.3, -0.25) is 0 Å². The lowest BCUT2D eigenvalue weighted by atomic mass is 10.1. The molecule has 1 aromatic carbocycles. The molecule has 0 saturated carbocycles. The molecule has 1 aliphatic heterocycles. The lowest BCUT2D eigenvalue weighted by Gasteiger charge is -2.03. The van der Waals surface area contributed by atoms with Gasteiger partial charge in [0.2, 0.25) is 0 Å². The summed E-state index contributed by atoms with van der Waals surface area (Å²) in [5.74, 6) is 0.777. The summed E-state index contributed by atoms with van der Waals surface area (Å²) in [7, 11) is 0. The van der Waals surface area contributed by atoms with Crippen molar-refractivity contribution in [2.75, 3.05) is 13.1 Å². The first kappa shape index (κ1) is 10.7. The van der Waals surface area contributed by atoms with E-state index >= 15 is 0 Å². The van der Waals surface area contributed by atoms with E-state index < -0.39 is 0 Å². The topological polar surface area (TPSA) is 24.9 Å². The Morgan fingerprint density at radius 1 is 1.50 bits per heavy atom. The second kappa shape index (κ2) is 4.43. The zero-order valence-corrected chi connectivity index (χ0v) is 11.3. The Kier molecular flexibility index (Phi) is 2.96. The molecular weight excluding hydrogens is 284 g/mol. The van der Waals surface area contributed by atoms with Crippen LogP contribution in [0.15, 0.2) is 22.7 Å². The number of hydrogen-bond donors (Lipinski definition) is 1. The lowest BCUT2D eigenvalue weighted by molar-refractivity contribution is 0.579. The summed E-state index contributed by atoms with van der Waals surface area (Å²) in [4.78, 5) is 4.72. The van der Waals surface area contributed by atoms with Gasteiger partial charge in [-0.2, -0.15) is 0 Å². The first-order valence-corrected chi connectivity index (χ1v) is 7.18. The first-order chi connectivity index (χ1) is 7.83. The van der Waals surface area contributed by atoms with Gasteiger partial charge in [-0.15, -0.1) is 11.3 Å². The molecule has 0 radical (unpaired) electrons. The summed E-state index contributed by atoms with van der Waals surface area (Å²) in [6.45, 7) is 2.32. The van der Waals surface area contributed by atoms with Crippen molar-refractivity contribution in [3.05, 3.63) is 27.7 Å². The molecule has 1 N–H and O–H groups in total. The highest BCUT2D eigenvalue weighted by Gasteiger charge is 2.17. The number of thiazole rings is 1. The number of aromatic nitrogens is 1. The molecular formula is C12H13BrN2S. The minimum Gasteiger partial charge on any atom is -0.316 e. The van der Waals surface area contributed by atoms with Gasteiger partial charge in [0.05, 0.1) is 15.2 Å². The SMILES string of the molecule is Brc1cccc2sc(CC3CCNC3)nc12. The maximum absolute atomic E-state index is 4.72. The highest BCUT2D eigenvalue weighted by Crippen LogP contribution is 2.29. The highest BCUT2D eigenvalue weighted by molar-refractivity contribution is 9.10. The molecule has 3 rings (SSSR count). The minimum absolute atomic E-state index is 0.777. The van der Waals surface area contributed by atoms with Crippen LogP contribution in [0.25, 0.3) is 10.2 Å². The van der Waals surface area contributed by atoms with Crippen LogP contribution in [-0.2, 0) is 6.42 Å². The van der Waals surface area contributed by atoms with E-state index in [0.29, 0.717) is 0 Å². The predicted molar refractivity (Wildman–Crippen MR) is 72.0 cm³/mol. The Morgan fingerprint density at radius 2 is 2.44 bits per heavy atom. The van der Waals surface area contributed by atoms with E-state index in [2.05, 4.69) is 39.4 Å². The van der Waals surface area contributed by atoms with Crippen molar-refractivity contribution in [3.8, 4) is 0 Å². The Bertz CT molecular complexity index is 503. The number of fused-ring (bicyclic) bond motifs is 1. The molecule has 1 unspecified atom stereocenters. The van der Waals surface area contributed by atoms with Crippen molar-refractivity contribution in [1.29, 1.82) is 0 Å². The monoisotopic (exact) mass is 296 g/mol. The van der Waals surface area contributed by atoms with Crippen LogP contribution >= 0.6 is 27.3 Å². The molecule has 0 bridgehead atoms. The Balaban J connectivity index is 1.90. The van der Waals surface area contributed by atoms with E-state index in [4.69, 9.17) is 4.98 Å². The molecule has 0 aliphatic carbocycles. The van der Waals surface area contributed by atoms with E-state index in [1.807, 2.05) is 11.3 Å². The van der Waals surface area contributed by atoms with Crippen molar-refractivity contribution in [3.63, 3.8) is 0 Å². The Morgan fingerprint density at radius 3 is 3.19 bits per heavy atom. The third-order valence-corrected chi connectivity index (χ3v) is 4.72. The van der Waals surface area contributed by atoms with Gasteiger partial charge in [0.1, 0.15) is 0 Å².